The van der Waals surface area contributed by atoms with Crippen LogP contribution in [0.5, 0.6) is 0 Å². The van der Waals surface area contributed by atoms with Crippen LogP contribution in [-0.4, -0.2) is 35.0 Å². The van der Waals surface area contributed by atoms with Crippen LogP contribution in [0.15, 0.2) is 60.4 Å². The van der Waals surface area contributed by atoms with Gasteiger partial charge in [0.25, 0.3) is 0 Å². The van der Waals surface area contributed by atoms with Gasteiger partial charge in [-0.25, -0.2) is 0 Å². The Morgan fingerprint density at radius 3 is 2.41 bits per heavy atom. The first-order valence-electron chi connectivity index (χ1n) is 12.0. The molecule has 0 saturated carbocycles. The third-order valence-electron chi connectivity index (χ3n) is 7.09. The van der Waals surface area contributed by atoms with Gasteiger partial charge in [-0.1, -0.05) is 68.2 Å². The maximum absolute atomic E-state index is 14.3. The molecule has 1 saturated heterocycles. The average molecular weight is 519 g/mol. The number of rotatable bonds is 8. The Morgan fingerprint density at radius 1 is 1.12 bits per heavy atom. The minimum atomic E-state index is -0.531. The number of methoxy groups -OCH3 is 1. The van der Waals surface area contributed by atoms with Crippen LogP contribution in [0.1, 0.15) is 63.1 Å². The molecule has 2 aromatic carbocycles. The summed E-state index contributed by atoms with van der Waals surface area (Å²) in [4.78, 5) is 16.5. The number of hydrogen-bond acceptors (Lipinski definition) is 3. The monoisotopic (exact) mass is 517 g/mol. The predicted molar refractivity (Wildman–Crippen MR) is 144 cm³/mol. The summed E-state index contributed by atoms with van der Waals surface area (Å²) in [5, 5.41) is 1.92. The molecule has 4 atom stereocenters. The first-order valence-corrected chi connectivity index (χ1v) is 13.8. The third-order valence-corrected chi connectivity index (χ3v) is 8.82. The van der Waals surface area contributed by atoms with E-state index in [4.69, 9.17) is 27.9 Å². The topological polar surface area (TPSA) is 29.5 Å². The van der Waals surface area contributed by atoms with Gasteiger partial charge in [-0.05, 0) is 59.6 Å². The number of carbonyl (C=O) groups excluding carboxylic acids is 1. The van der Waals surface area contributed by atoms with E-state index in [0.29, 0.717) is 21.7 Å². The Kier molecular flexibility index (Phi) is 7.91. The number of thioether (sulfide) groups is 1. The Hall–Kier alpha value is -1.62. The maximum Gasteiger partial charge on any atom is 0.234 e. The molecule has 1 amide bonds. The van der Waals surface area contributed by atoms with Crippen molar-refractivity contribution in [2.24, 2.45) is 5.41 Å². The number of ether oxygens (including phenoxy) is 1. The predicted octanol–water partition coefficient (Wildman–Crippen LogP) is 7.89. The normalized spacial score (nSPS) is 25.3. The zero-order valence-electron chi connectivity index (χ0n) is 20.3. The zero-order valence-corrected chi connectivity index (χ0v) is 22.6. The van der Waals surface area contributed by atoms with Crippen molar-refractivity contribution in [3.8, 4) is 0 Å². The van der Waals surface area contributed by atoms with Crippen molar-refractivity contribution in [2.75, 3.05) is 12.9 Å². The largest absolute Gasteiger partial charge is 0.501 e. The minimum absolute atomic E-state index is 0.0911. The first kappa shape index (κ1) is 25.5. The van der Waals surface area contributed by atoms with Gasteiger partial charge in [-0.15, -0.1) is 0 Å². The number of allylic oxidation sites excluding steroid dienone is 1. The van der Waals surface area contributed by atoms with Crippen LogP contribution >= 0.6 is 35.0 Å². The summed E-state index contributed by atoms with van der Waals surface area (Å²) in [7, 11) is 1.68. The fraction of sp³-hybridized carbons (Fsp3) is 0.464. The highest BCUT2D eigenvalue weighted by Gasteiger charge is 2.56. The molecule has 2 aromatic rings. The molecule has 2 aliphatic rings. The van der Waals surface area contributed by atoms with Crippen LogP contribution in [0.4, 0.5) is 0 Å². The Balaban J connectivity index is 1.86. The van der Waals surface area contributed by atoms with Gasteiger partial charge >= 0.3 is 0 Å². The molecule has 0 unspecified atom stereocenters. The number of piperidine rings is 1. The van der Waals surface area contributed by atoms with E-state index in [1.807, 2.05) is 36.0 Å². The van der Waals surface area contributed by atoms with Crippen LogP contribution in [0, 0.1) is 5.41 Å². The molecule has 0 N–H and O–H groups in total. The van der Waals surface area contributed by atoms with Crippen molar-refractivity contribution in [3.63, 3.8) is 0 Å². The lowest BCUT2D eigenvalue weighted by atomic mass is 9.61. The molecule has 6 heteroatoms. The Bertz CT molecular complexity index is 1050. The number of amides is 1. The average Bonchev–Trinajstić information content (AvgIpc) is 2.79. The van der Waals surface area contributed by atoms with Crippen molar-refractivity contribution in [1.82, 2.24) is 4.90 Å². The van der Waals surface area contributed by atoms with Gasteiger partial charge in [-0.2, -0.15) is 11.8 Å². The summed E-state index contributed by atoms with van der Waals surface area (Å²) in [5.41, 5.74) is 1.74. The summed E-state index contributed by atoms with van der Waals surface area (Å²) < 4.78 is 5.50. The molecule has 1 fully saturated rings. The van der Waals surface area contributed by atoms with E-state index in [1.54, 1.807) is 7.11 Å². The molecule has 4 rings (SSSR count). The van der Waals surface area contributed by atoms with Gasteiger partial charge in [0.15, 0.2) is 0 Å². The van der Waals surface area contributed by atoms with Gasteiger partial charge in [0, 0.05) is 34.2 Å². The van der Waals surface area contributed by atoms with Crippen LogP contribution in [0.2, 0.25) is 10.0 Å². The summed E-state index contributed by atoms with van der Waals surface area (Å²) in [6.07, 6.45) is 4.34. The molecular formula is C28H33Cl2NO2S. The highest BCUT2D eigenvalue weighted by atomic mass is 35.5. The second kappa shape index (κ2) is 10.6. The molecule has 0 radical (unpaired) electrons. The van der Waals surface area contributed by atoms with Crippen LogP contribution in [-0.2, 0) is 9.53 Å². The molecular weight excluding hydrogens is 485 g/mol. The van der Waals surface area contributed by atoms with Crippen molar-refractivity contribution < 1.29 is 9.53 Å². The molecule has 34 heavy (non-hydrogen) atoms. The van der Waals surface area contributed by atoms with Crippen molar-refractivity contribution in [3.05, 3.63) is 81.5 Å². The number of halogens is 2. The fourth-order valence-electron chi connectivity index (χ4n) is 5.34. The summed E-state index contributed by atoms with van der Waals surface area (Å²) in [5.74, 6) is 2.11. The van der Waals surface area contributed by atoms with Crippen LogP contribution in [0.25, 0.3) is 0 Å². The van der Waals surface area contributed by atoms with Crippen molar-refractivity contribution in [2.45, 2.75) is 63.3 Å². The van der Waals surface area contributed by atoms with Crippen LogP contribution in [0.3, 0.4) is 0 Å². The first-order chi connectivity index (χ1) is 16.3. The summed E-state index contributed by atoms with van der Waals surface area (Å²) in [6.45, 7) is 6.61. The SMILES string of the molecule is CC[C@@H](CSC(C)C)N1C(=O)[C@]2(C=C(OC)C2)C[C@H](c2cccc(Cl)c2)[C@H]1c1ccc(Cl)cc1. The van der Waals surface area contributed by atoms with E-state index in [9.17, 15) is 4.79 Å². The maximum atomic E-state index is 14.3. The molecule has 3 nitrogen and oxygen atoms in total. The Morgan fingerprint density at radius 2 is 1.82 bits per heavy atom. The summed E-state index contributed by atoms with van der Waals surface area (Å²) in [6, 6.07) is 16.1. The standard InChI is InChI=1S/C28H33Cl2NO2S/c1-5-23(17-34-18(2)3)31-26(19-9-11-21(29)12-10-19)25(20-7-6-8-22(30)13-20)16-28(27(31)32)14-24(15-28)33-4/h6-14,18,23,25-26H,5,15-17H2,1-4H3/t23-,25+,26+,28-/m0/s1. The minimum Gasteiger partial charge on any atom is -0.501 e. The number of carbonyl (C=O) groups is 1. The lowest BCUT2D eigenvalue weighted by Crippen LogP contribution is -2.58. The van der Waals surface area contributed by atoms with E-state index in [1.165, 1.54) is 0 Å². The van der Waals surface area contributed by atoms with Crippen molar-refractivity contribution in [1.29, 1.82) is 0 Å². The number of benzene rings is 2. The molecule has 0 aromatic heterocycles. The molecule has 1 aliphatic carbocycles. The van der Waals surface area contributed by atoms with E-state index >= 15 is 0 Å². The Labute approximate surface area is 217 Å². The van der Waals surface area contributed by atoms with E-state index in [2.05, 4.69) is 56.0 Å². The van der Waals surface area contributed by atoms with Gasteiger partial charge in [-0.3, -0.25) is 4.79 Å². The van der Waals surface area contributed by atoms with Gasteiger partial charge in [0.1, 0.15) is 0 Å². The molecule has 1 aliphatic heterocycles. The highest BCUT2D eigenvalue weighted by Crippen LogP contribution is 2.57. The quantitative estimate of drug-likeness (QED) is 0.356. The number of nitrogens with zero attached hydrogens (tertiary/aromatic N) is 1. The van der Waals surface area contributed by atoms with Crippen LogP contribution < -0.4 is 0 Å². The molecule has 182 valence electrons. The summed E-state index contributed by atoms with van der Waals surface area (Å²) >= 11 is 14.6. The highest BCUT2D eigenvalue weighted by molar-refractivity contribution is 7.99. The smallest absolute Gasteiger partial charge is 0.234 e. The van der Waals surface area contributed by atoms with Crippen molar-refractivity contribution >= 4 is 40.9 Å². The zero-order chi connectivity index (χ0) is 24.5. The molecule has 1 spiro atoms. The van der Waals surface area contributed by atoms with Gasteiger partial charge < -0.3 is 9.64 Å². The second-order valence-electron chi connectivity index (χ2n) is 9.67. The van der Waals surface area contributed by atoms with Gasteiger partial charge in [0.2, 0.25) is 5.91 Å². The van der Waals surface area contributed by atoms with E-state index in [-0.39, 0.29) is 23.9 Å². The number of likely N-dealkylation sites (tertiary alicyclic amines) is 1. The molecule has 1 heterocycles. The van der Waals surface area contributed by atoms with E-state index < -0.39 is 5.41 Å². The fourth-order valence-corrected chi connectivity index (χ4v) is 6.67. The van der Waals surface area contributed by atoms with Gasteiger partial charge in [0.05, 0.1) is 24.3 Å². The second-order valence-corrected chi connectivity index (χ2v) is 12.1. The third kappa shape index (κ3) is 5.01. The molecule has 0 bridgehead atoms. The number of hydrogen-bond donors (Lipinski definition) is 0. The lowest BCUT2D eigenvalue weighted by molar-refractivity contribution is -0.154. The lowest BCUT2D eigenvalue weighted by Gasteiger charge is -2.54. The van der Waals surface area contributed by atoms with E-state index in [0.717, 1.165) is 35.5 Å².